The van der Waals surface area contributed by atoms with E-state index in [-0.39, 0.29) is 30.7 Å². The van der Waals surface area contributed by atoms with Crippen LogP contribution < -0.4 is 10.1 Å². The van der Waals surface area contributed by atoms with Crippen molar-refractivity contribution in [2.45, 2.75) is 12.8 Å². The summed E-state index contributed by atoms with van der Waals surface area (Å²) in [4.78, 5) is 18.9. The van der Waals surface area contributed by atoms with E-state index >= 15 is 0 Å². The van der Waals surface area contributed by atoms with Crippen LogP contribution in [0, 0.1) is 11.8 Å². The quantitative estimate of drug-likeness (QED) is 0.837. The zero-order valence-electron chi connectivity index (χ0n) is 15.0. The first-order valence-corrected chi connectivity index (χ1v) is 8.97. The number of benzene rings is 1. The van der Waals surface area contributed by atoms with Gasteiger partial charge in [0.2, 0.25) is 0 Å². The van der Waals surface area contributed by atoms with E-state index in [2.05, 4.69) is 10.3 Å². The zero-order chi connectivity index (χ0) is 17.1. The molecule has 0 bridgehead atoms. The summed E-state index contributed by atoms with van der Waals surface area (Å²) in [6.45, 7) is 3.89. The molecule has 0 radical (unpaired) electrons. The number of pyridine rings is 1. The molecule has 0 aliphatic carbocycles. The molecular formula is C20H25Cl2N3O2. The molecule has 27 heavy (non-hydrogen) atoms. The average Bonchev–Trinajstić information content (AvgIpc) is 3.01. The number of aromatic nitrogens is 1. The number of likely N-dealkylation sites (tertiary alicyclic amines) is 1. The fraction of sp³-hybridized carbons (Fsp3) is 0.400. The number of halogens is 2. The highest BCUT2D eigenvalue weighted by Crippen LogP contribution is 2.28. The zero-order valence-corrected chi connectivity index (χ0v) is 16.7. The Hall–Kier alpha value is -1.82. The Kier molecular flexibility index (Phi) is 7.90. The summed E-state index contributed by atoms with van der Waals surface area (Å²) in [7, 11) is 0. The molecule has 1 aromatic carbocycles. The molecule has 5 nitrogen and oxygen atoms in total. The summed E-state index contributed by atoms with van der Waals surface area (Å²) >= 11 is 0. The Bertz CT molecular complexity index is 731. The Balaban J connectivity index is 0.00000131. The Morgan fingerprint density at radius 2 is 1.67 bits per heavy atom. The monoisotopic (exact) mass is 409 g/mol. The Labute approximate surface area is 172 Å². The largest absolute Gasteiger partial charge is 0.457 e. The third-order valence-electron chi connectivity index (χ3n) is 5.27. The Morgan fingerprint density at radius 1 is 1.00 bits per heavy atom. The number of carbonyl (C=O) groups is 1. The van der Waals surface area contributed by atoms with Gasteiger partial charge in [-0.2, -0.15) is 0 Å². The molecule has 2 aliphatic rings. The lowest BCUT2D eigenvalue weighted by molar-refractivity contribution is 0.0758. The number of hydrogen-bond acceptors (Lipinski definition) is 4. The van der Waals surface area contributed by atoms with E-state index in [4.69, 9.17) is 4.74 Å². The van der Waals surface area contributed by atoms with Crippen molar-refractivity contribution in [2.75, 3.05) is 26.2 Å². The normalized spacial score (nSPS) is 21.3. The minimum Gasteiger partial charge on any atom is -0.457 e. The van der Waals surface area contributed by atoms with Crippen LogP contribution in [0.2, 0.25) is 0 Å². The first-order valence-electron chi connectivity index (χ1n) is 8.97. The van der Waals surface area contributed by atoms with E-state index in [1.54, 1.807) is 24.5 Å². The molecule has 7 heteroatoms. The van der Waals surface area contributed by atoms with Gasteiger partial charge < -0.3 is 15.0 Å². The van der Waals surface area contributed by atoms with E-state index in [0.717, 1.165) is 56.6 Å². The number of nitrogens with one attached hydrogen (secondary N) is 1. The van der Waals surface area contributed by atoms with Crippen LogP contribution in [0.5, 0.6) is 11.5 Å². The lowest BCUT2D eigenvalue weighted by Crippen LogP contribution is -2.32. The third-order valence-corrected chi connectivity index (χ3v) is 5.27. The molecule has 0 spiro atoms. The fourth-order valence-electron chi connectivity index (χ4n) is 3.84. The van der Waals surface area contributed by atoms with Crippen molar-refractivity contribution < 1.29 is 9.53 Å². The van der Waals surface area contributed by atoms with Gasteiger partial charge in [-0.15, -0.1) is 24.8 Å². The summed E-state index contributed by atoms with van der Waals surface area (Å²) in [5, 5.41) is 3.47. The molecule has 2 aliphatic heterocycles. The fourth-order valence-corrected chi connectivity index (χ4v) is 3.84. The first kappa shape index (κ1) is 21.5. The SMILES string of the molecule is Cl.Cl.O=C(c1cccc(Oc2ccncc2)c1)N1CC[C@@H]2CNC[C@@H]2CC1. The second-order valence-electron chi connectivity index (χ2n) is 6.86. The molecule has 0 unspecified atom stereocenters. The van der Waals surface area contributed by atoms with Gasteiger partial charge in [0.1, 0.15) is 11.5 Å². The van der Waals surface area contributed by atoms with Gasteiger partial charge in [0.25, 0.3) is 5.91 Å². The van der Waals surface area contributed by atoms with Crippen molar-refractivity contribution in [1.82, 2.24) is 15.2 Å². The molecule has 2 saturated heterocycles. The van der Waals surface area contributed by atoms with Gasteiger partial charge in [-0.1, -0.05) is 6.07 Å². The molecule has 2 aromatic rings. The van der Waals surface area contributed by atoms with Crippen LogP contribution in [0.25, 0.3) is 0 Å². The topological polar surface area (TPSA) is 54.5 Å². The number of nitrogens with zero attached hydrogens (tertiary/aromatic N) is 2. The summed E-state index contributed by atoms with van der Waals surface area (Å²) in [5.41, 5.74) is 0.691. The maximum Gasteiger partial charge on any atom is 0.253 e. The molecule has 1 N–H and O–H groups in total. The van der Waals surface area contributed by atoms with Gasteiger partial charge in [-0.05, 0) is 68.1 Å². The van der Waals surface area contributed by atoms with Crippen LogP contribution in [-0.2, 0) is 0 Å². The number of fused-ring (bicyclic) bond motifs is 1. The molecule has 0 saturated carbocycles. The van der Waals surface area contributed by atoms with Crippen molar-refractivity contribution in [3.63, 3.8) is 0 Å². The molecular weight excluding hydrogens is 385 g/mol. The van der Waals surface area contributed by atoms with Gasteiger partial charge in [0.15, 0.2) is 0 Å². The number of ether oxygens (including phenoxy) is 1. The van der Waals surface area contributed by atoms with Crippen LogP contribution >= 0.6 is 24.8 Å². The van der Waals surface area contributed by atoms with Gasteiger partial charge in [0.05, 0.1) is 0 Å². The maximum atomic E-state index is 12.9. The Morgan fingerprint density at radius 3 is 2.33 bits per heavy atom. The molecule has 146 valence electrons. The second kappa shape index (κ2) is 9.93. The molecule has 2 fully saturated rings. The first-order chi connectivity index (χ1) is 12.3. The highest BCUT2D eigenvalue weighted by molar-refractivity contribution is 5.94. The highest BCUT2D eigenvalue weighted by Gasteiger charge is 2.31. The molecule has 2 atom stereocenters. The van der Waals surface area contributed by atoms with Crippen LogP contribution in [0.15, 0.2) is 48.8 Å². The number of amides is 1. The summed E-state index contributed by atoms with van der Waals surface area (Å²) in [6.07, 6.45) is 5.56. The van der Waals surface area contributed by atoms with E-state index in [1.807, 2.05) is 29.2 Å². The molecule has 1 amide bonds. The number of hydrogen-bond donors (Lipinski definition) is 1. The van der Waals surface area contributed by atoms with Crippen molar-refractivity contribution in [1.29, 1.82) is 0 Å². The highest BCUT2D eigenvalue weighted by atomic mass is 35.5. The second-order valence-corrected chi connectivity index (χ2v) is 6.86. The lowest BCUT2D eigenvalue weighted by atomic mass is 9.92. The van der Waals surface area contributed by atoms with E-state index in [0.29, 0.717) is 11.3 Å². The maximum absolute atomic E-state index is 12.9. The van der Waals surface area contributed by atoms with Crippen LogP contribution in [0.4, 0.5) is 0 Å². The molecule has 3 heterocycles. The summed E-state index contributed by atoms with van der Waals surface area (Å²) in [6, 6.07) is 11.0. The van der Waals surface area contributed by atoms with Gasteiger partial charge >= 0.3 is 0 Å². The van der Waals surface area contributed by atoms with Crippen molar-refractivity contribution >= 4 is 30.7 Å². The van der Waals surface area contributed by atoms with Gasteiger partial charge in [0, 0.05) is 31.0 Å². The van der Waals surface area contributed by atoms with E-state index in [1.165, 1.54) is 0 Å². The summed E-state index contributed by atoms with van der Waals surface area (Å²) in [5.74, 6) is 2.94. The number of rotatable bonds is 3. The predicted octanol–water partition coefficient (Wildman–Crippen LogP) is 3.79. The van der Waals surface area contributed by atoms with E-state index in [9.17, 15) is 4.79 Å². The lowest BCUT2D eigenvalue weighted by Gasteiger charge is -2.21. The van der Waals surface area contributed by atoms with Gasteiger partial charge in [-0.25, -0.2) is 0 Å². The van der Waals surface area contributed by atoms with Crippen LogP contribution in [-0.4, -0.2) is 42.0 Å². The summed E-state index contributed by atoms with van der Waals surface area (Å²) < 4.78 is 5.82. The molecule has 4 rings (SSSR count). The van der Waals surface area contributed by atoms with Crippen LogP contribution in [0.1, 0.15) is 23.2 Å². The predicted molar refractivity (Wildman–Crippen MR) is 110 cm³/mol. The minimum atomic E-state index is 0. The van der Waals surface area contributed by atoms with E-state index < -0.39 is 0 Å². The molecule has 1 aromatic heterocycles. The van der Waals surface area contributed by atoms with Crippen molar-refractivity contribution in [2.24, 2.45) is 11.8 Å². The standard InChI is InChI=1S/C20H23N3O2.2ClH/c24-20(23-10-6-16-13-22-14-17(16)7-11-23)15-2-1-3-19(12-15)25-18-4-8-21-9-5-18;;/h1-5,8-9,12,16-17,22H,6-7,10-11,13-14H2;2*1H/t16-,17+;;. The minimum absolute atomic E-state index is 0. The van der Waals surface area contributed by atoms with Crippen LogP contribution in [0.3, 0.4) is 0 Å². The van der Waals surface area contributed by atoms with Gasteiger partial charge in [-0.3, -0.25) is 9.78 Å². The third kappa shape index (κ3) is 5.12. The van der Waals surface area contributed by atoms with Crippen molar-refractivity contribution in [3.05, 3.63) is 54.4 Å². The smallest absolute Gasteiger partial charge is 0.253 e. The number of carbonyl (C=O) groups excluding carboxylic acids is 1. The average molecular weight is 410 g/mol. The van der Waals surface area contributed by atoms with Crippen molar-refractivity contribution in [3.8, 4) is 11.5 Å².